The van der Waals surface area contributed by atoms with Gasteiger partial charge in [0.05, 0.1) is 11.6 Å². The first kappa shape index (κ1) is 16.2. The standard InChI is InChI=1S/C15H22BrNO2/c1-15(2,3)17-8-7-12(18)9-11-5-6-14(19-4)13(16)10-11/h5-6,10,17H,7-9H2,1-4H3. The van der Waals surface area contributed by atoms with Crippen molar-refractivity contribution in [2.24, 2.45) is 0 Å². The Morgan fingerprint density at radius 2 is 2.05 bits per heavy atom. The molecule has 0 aliphatic rings. The van der Waals surface area contributed by atoms with E-state index in [2.05, 4.69) is 42.0 Å². The van der Waals surface area contributed by atoms with Crippen molar-refractivity contribution in [1.29, 1.82) is 0 Å². The number of Topliss-reactive ketones (excluding diaryl/α,β-unsaturated/α-hetero) is 1. The number of methoxy groups -OCH3 is 1. The van der Waals surface area contributed by atoms with Crippen LogP contribution < -0.4 is 10.1 Å². The summed E-state index contributed by atoms with van der Waals surface area (Å²) >= 11 is 3.43. The summed E-state index contributed by atoms with van der Waals surface area (Å²) in [5, 5.41) is 3.32. The molecule has 0 saturated carbocycles. The molecule has 0 saturated heterocycles. The second kappa shape index (κ2) is 7.06. The molecular formula is C15H22BrNO2. The van der Waals surface area contributed by atoms with Crippen molar-refractivity contribution in [3.8, 4) is 5.75 Å². The van der Waals surface area contributed by atoms with Crippen LogP contribution in [0.1, 0.15) is 32.8 Å². The Balaban J connectivity index is 2.46. The zero-order valence-corrected chi connectivity index (χ0v) is 13.6. The third-order valence-corrected chi connectivity index (χ3v) is 3.30. The number of halogens is 1. The van der Waals surface area contributed by atoms with Gasteiger partial charge in [-0.15, -0.1) is 0 Å². The molecule has 4 heteroatoms. The van der Waals surface area contributed by atoms with Crippen LogP contribution in [-0.4, -0.2) is 25.0 Å². The molecule has 1 aromatic carbocycles. The van der Waals surface area contributed by atoms with Gasteiger partial charge >= 0.3 is 0 Å². The minimum atomic E-state index is 0.0589. The van der Waals surface area contributed by atoms with E-state index < -0.39 is 0 Å². The van der Waals surface area contributed by atoms with E-state index in [0.29, 0.717) is 12.8 Å². The molecule has 0 fully saturated rings. The first-order chi connectivity index (χ1) is 8.81. The molecule has 0 aliphatic heterocycles. The molecule has 0 aromatic heterocycles. The molecule has 0 bridgehead atoms. The molecule has 0 spiro atoms. The lowest BCUT2D eigenvalue weighted by atomic mass is 10.1. The largest absolute Gasteiger partial charge is 0.496 e. The number of nitrogens with one attached hydrogen (secondary N) is 1. The Kier molecular flexibility index (Phi) is 6.01. The predicted molar refractivity (Wildman–Crippen MR) is 81.8 cm³/mol. The number of carbonyl (C=O) groups excluding carboxylic acids is 1. The van der Waals surface area contributed by atoms with Gasteiger partial charge in [-0.05, 0) is 54.4 Å². The summed E-state index contributed by atoms with van der Waals surface area (Å²) in [4.78, 5) is 11.9. The Morgan fingerprint density at radius 1 is 1.37 bits per heavy atom. The van der Waals surface area contributed by atoms with Crippen molar-refractivity contribution < 1.29 is 9.53 Å². The Bertz CT molecular complexity index is 438. The quantitative estimate of drug-likeness (QED) is 0.870. The SMILES string of the molecule is COc1ccc(CC(=O)CCNC(C)(C)C)cc1Br. The summed E-state index contributed by atoms with van der Waals surface area (Å²) in [5.74, 6) is 1.03. The predicted octanol–water partition coefficient (Wildman–Crippen LogP) is 3.35. The van der Waals surface area contributed by atoms with Crippen LogP contribution in [0.15, 0.2) is 22.7 Å². The minimum absolute atomic E-state index is 0.0589. The molecule has 3 nitrogen and oxygen atoms in total. The molecular weight excluding hydrogens is 306 g/mol. The zero-order chi connectivity index (χ0) is 14.5. The highest BCUT2D eigenvalue weighted by Crippen LogP contribution is 2.25. The van der Waals surface area contributed by atoms with Gasteiger partial charge < -0.3 is 10.1 Å². The number of benzene rings is 1. The van der Waals surface area contributed by atoms with Gasteiger partial charge in [0, 0.05) is 24.9 Å². The maximum atomic E-state index is 11.9. The first-order valence-corrected chi connectivity index (χ1v) is 7.20. The van der Waals surface area contributed by atoms with Crippen LogP contribution in [0.5, 0.6) is 5.75 Å². The molecule has 1 aromatic rings. The number of ether oxygens (including phenoxy) is 1. The number of hydrogen-bond donors (Lipinski definition) is 1. The van der Waals surface area contributed by atoms with E-state index in [1.807, 2.05) is 18.2 Å². The molecule has 0 amide bonds. The van der Waals surface area contributed by atoms with E-state index in [9.17, 15) is 4.79 Å². The lowest BCUT2D eigenvalue weighted by Gasteiger charge is -2.20. The van der Waals surface area contributed by atoms with Crippen LogP contribution >= 0.6 is 15.9 Å². The maximum Gasteiger partial charge on any atom is 0.138 e. The number of carbonyl (C=O) groups is 1. The van der Waals surface area contributed by atoms with Crippen LogP contribution in [0.25, 0.3) is 0 Å². The van der Waals surface area contributed by atoms with Crippen molar-refractivity contribution in [2.45, 2.75) is 39.2 Å². The second-order valence-corrected chi connectivity index (χ2v) is 6.47. The van der Waals surface area contributed by atoms with Crippen molar-refractivity contribution in [1.82, 2.24) is 5.32 Å². The van der Waals surface area contributed by atoms with Gasteiger partial charge in [0.15, 0.2) is 0 Å². The summed E-state index contributed by atoms with van der Waals surface area (Å²) in [6.45, 7) is 7.01. The monoisotopic (exact) mass is 327 g/mol. The third kappa shape index (κ3) is 6.21. The van der Waals surface area contributed by atoms with Crippen LogP contribution in [-0.2, 0) is 11.2 Å². The molecule has 1 N–H and O–H groups in total. The van der Waals surface area contributed by atoms with Crippen LogP contribution in [0.4, 0.5) is 0 Å². The Hall–Kier alpha value is -0.870. The van der Waals surface area contributed by atoms with E-state index in [-0.39, 0.29) is 11.3 Å². The molecule has 0 aliphatic carbocycles. The molecule has 19 heavy (non-hydrogen) atoms. The summed E-state index contributed by atoms with van der Waals surface area (Å²) in [6, 6.07) is 5.74. The normalized spacial score (nSPS) is 11.4. The highest BCUT2D eigenvalue weighted by atomic mass is 79.9. The number of hydrogen-bond acceptors (Lipinski definition) is 3. The Labute approximate surface area is 123 Å². The fourth-order valence-corrected chi connectivity index (χ4v) is 2.30. The zero-order valence-electron chi connectivity index (χ0n) is 12.0. The second-order valence-electron chi connectivity index (χ2n) is 5.61. The minimum Gasteiger partial charge on any atom is -0.496 e. The average molecular weight is 328 g/mol. The van der Waals surface area contributed by atoms with Gasteiger partial charge in [0.2, 0.25) is 0 Å². The van der Waals surface area contributed by atoms with E-state index in [4.69, 9.17) is 4.74 Å². The van der Waals surface area contributed by atoms with Crippen molar-refractivity contribution >= 4 is 21.7 Å². The average Bonchev–Trinajstić information content (AvgIpc) is 2.27. The lowest BCUT2D eigenvalue weighted by Crippen LogP contribution is -2.37. The van der Waals surface area contributed by atoms with Gasteiger partial charge in [-0.3, -0.25) is 4.79 Å². The molecule has 1 rings (SSSR count). The van der Waals surface area contributed by atoms with Crippen molar-refractivity contribution in [2.75, 3.05) is 13.7 Å². The van der Waals surface area contributed by atoms with Crippen molar-refractivity contribution in [3.63, 3.8) is 0 Å². The third-order valence-electron chi connectivity index (χ3n) is 2.68. The van der Waals surface area contributed by atoms with E-state index >= 15 is 0 Å². The first-order valence-electron chi connectivity index (χ1n) is 6.41. The van der Waals surface area contributed by atoms with Crippen LogP contribution in [0.2, 0.25) is 0 Å². The summed E-state index contributed by atoms with van der Waals surface area (Å²) in [7, 11) is 1.63. The molecule has 106 valence electrons. The summed E-state index contributed by atoms with van der Waals surface area (Å²) in [5.41, 5.74) is 1.07. The van der Waals surface area contributed by atoms with Gasteiger partial charge in [-0.25, -0.2) is 0 Å². The topological polar surface area (TPSA) is 38.3 Å². The summed E-state index contributed by atoms with van der Waals surface area (Å²) in [6.07, 6.45) is 1.02. The Morgan fingerprint density at radius 3 is 2.58 bits per heavy atom. The van der Waals surface area contributed by atoms with E-state index in [1.54, 1.807) is 7.11 Å². The fourth-order valence-electron chi connectivity index (χ4n) is 1.71. The molecule has 0 heterocycles. The molecule has 0 radical (unpaired) electrons. The molecule has 0 atom stereocenters. The number of ketones is 1. The maximum absolute atomic E-state index is 11.9. The highest BCUT2D eigenvalue weighted by Gasteiger charge is 2.10. The van der Waals surface area contributed by atoms with Gasteiger partial charge in [-0.1, -0.05) is 6.07 Å². The fraction of sp³-hybridized carbons (Fsp3) is 0.533. The molecule has 0 unspecified atom stereocenters. The van der Waals surface area contributed by atoms with E-state index in [1.165, 1.54) is 0 Å². The smallest absolute Gasteiger partial charge is 0.138 e. The number of rotatable bonds is 6. The van der Waals surface area contributed by atoms with Gasteiger partial charge in [0.25, 0.3) is 0 Å². The van der Waals surface area contributed by atoms with E-state index in [0.717, 1.165) is 22.3 Å². The van der Waals surface area contributed by atoms with Crippen LogP contribution in [0, 0.1) is 0 Å². The van der Waals surface area contributed by atoms with Gasteiger partial charge in [-0.2, -0.15) is 0 Å². The van der Waals surface area contributed by atoms with Crippen LogP contribution in [0.3, 0.4) is 0 Å². The van der Waals surface area contributed by atoms with Gasteiger partial charge in [0.1, 0.15) is 11.5 Å². The van der Waals surface area contributed by atoms with Crippen molar-refractivity contribution in [3.05, 3.63) is 28.2 Å². The highest BCUT2D eigenvalue weighted by molar-refractivity contribution is 9.10. The lowest BCUT2D eigenvalue weighted by molar-refractivity contribution is -0.118. The summed E-state index contributed by atoms with van der Waals surface area (Å²) < 4.78 is 6.05.